The second-order valence-electron chi connectivity index (χ2n) is 5.66. The SMILES string of the molecule is O=C(NCc1cccnc1-n1cccn1)c1csc(-c2ccc(Cl)cc2)n1. The van der Waals surface area contributed by atoms with Crippen LogP contribution in [0.4, 0.5) is 0 Å². The molecular formula is C19H14ClN5OS. The molecule has 0 unspecified atom stereocenters. The van der Waals surface area contributed by atoms with Crippen molar-refractivity contribution >= 4 is 28.8 Å². The first-order valence-electron chi connectivity index (χ1n) is 8.14. The zero-order valence-corrected chi connectivity index (χ0v) is 15.6. The van der Waals surface area contributed by atoms with Crippen LogP contribution < -0.4 is 5.32 Å². The molecule has 0 spiro atoms. The van der Waals surface area contributed by atoms with E-state index in [1.807, 2.05) is 36.5 Å². The van der Waals surface area contributed by atoms with Crippen molar-refractivity contribution in [2.75, 3.05) is 0 Å². The van der Waals surface area contributed by atoms with E-state index < -0.39 is 0 Å². The molecule has 0 aliphatic rings. The number of thiazole rings is 1. The summed E-state index contributed by atoms with van der Waals surface area (Å²) in [5.41, 5.74) is 2.17. The first-order chi connectivity index (χ1) is 13.2. The van der Waals surface area contributed by atoms with E-state index in [-0.39, 0.29) is 5.91 Å². The number of nitrogens with one attached hydrogen (secondary N) is 1. The summed E-state index contributed by atoms with van der Waals surface area (Å²) in [6.45, 7) is 0.329. The topological polar surface area (TPSA) is 72.7 Å². The molecule has 0 atom stereocenters. The smallest absolute Gasteiger partial charge is 0.271 e. The molecule has 134 valence electrons. The summed E-state index contributed by atoms with van der Waals surface area (Å²) in [7, 11) is 0. The van der Waals surface area contributed by atoms with Crippen molar-refractivity contribution in [2.24, 2.45) is 0 Å². The molecule has 27 heavy (non-hydrogen) atoms. The molecule has 4 aromatic rings. The van der Waals surface area contributed by atoms with Crippen LogP contribution in [0.2, 0.25) is 5.02 Å². The number of carbonyl (C=O) groups is 1. The number of hydrogen-bond acceptors (Lipinski definition) is 5. The van der Waals surface area contributed by atoms with Gasteiger partial charge in [0.1, 0.15) is 10.7 Å². The van der Waals surface area contributed by atoms with Crippen LogP contribution in [0.5, 0.6) is 0 Å². The van der Waals surface area contributed by atoms with Crippen molar-refractivity contribution in [3.05, 3.63) is 82.7 Å². The van der Waals surface area contributed by atoms with E-state index in [0.29, 0.717) is 23.1 Å². The van der Waals surface area contributed by atoms with Gasteiger partial charge in [-0.15, -0.1) is 11.3 Å². The fourth-order valence-corrected chi connectivity index (χ4v) is 3.47. The number of halogens is 1. The number of pyridine rings is 1. The van der Waals surface area contributed by atoms with Crippen molar-refractivity contribution in [1.82, 2.24) is 25.1 Å². The summed E-state index contributed by atoms with van der Waals surface area (Å²) >= 11 is 7.33. The van der Waals surface area contributed by atoms with E-state index in [9.17, 15) is 4.79 Å². The Bertz CT molecular complexity index is 1060. The number of nitrogens with zero attached hydrogens (tertiary/aromatic N) is 4. The maximum Gasteiger partial charge on any atom is 0.271 e. The van der Waals surface area contributed by atoms with Crippen molar-refractivity contribution in [2.45, 2.75) is 6.54 Å². The van der Waals surface area contributed by atoms with Crippen LogP contribution in [0.3, 0.4) is 0 Å². The van der Waals surface area contributed by atoms with Crippen molar-refractivity contribution in [1.29, 1.82) is 0 Å². The lowest BCUT2D eigenvalue weighted by atomic mass is 10.2. The maximum atomic E-state index is 12.5. The quantitative estimate of drug-likeness (QED) is 0.554. The van der Waals surface area contributed by atoms with Gasteiger partial charge in [0, 0.05) is 46.7 Å². The third-order valence-corrected chi connectivity index (χ3v) is 5.00. The summed E-state index contributed by atoms with van der Waals surface area (Å²) in [5.74, 6) is 0.449. The highest BCUT2D eigenvalue weighted by atomic mass is 35.5. The third-order valence-electron chi connectivity index (χ3n) is 3.86. The van der Waals surface area contributed by atoms with Crippen molar-refractivity contribution in [3.8, 4) is 16.4 Å². The number of benzene rings is 1. The Kier molecular flexibility index (Phi) is 4.95. The standard InChI is InChI=1S/C19H14ClN5OS/c20-15-6-4-13(5-7-15)19-24-16(12-27-19)18(26)22-11-14-3-1-8-21-17(14)25-10-2-9-23-25/h1-10,12H,11H2,(H,22,26). The molecule has 0 bridgehead atoms. The Balaban J connectivity index is 1.47. The number of amides is 1. The molecule has 0 aliphatic heterocycles. The Morgan fingerprint density at radius 1 is 1.15 bits per heavy atom. The van der Waals surface area contributed by atoms with Gasteiger partial charge in [0.25, 0.3) is 5.91 Å². The molecule has 3 heterocycles. The molecule has 0 radical (unpaired) electrons. The van der Waals surface area contributed by atoms with Crippen molar-refractivity contribution < 1.29 is 4.79 Å². The highest BCUT2D eigenvalue weighted by molar-refractivity contribution is 7.13. The summed E-state index contributed by atoms with van der Waals surface area (Å²) in [6, 6.07) is 12.9. The first kappa shape index (κ1) is 17.4. The highest BCUT2D eigenvalue weighted by Crippen LogP contribution is 2.25. The van der Waals surface area contributed by atoms with Crippen molar-refractivity contribution in [3.63, 3.8) is 0 Å². The summed E-state index contributed by atoms with van der Waals surface area (Å²) < 4.78 is 1.67. The fourth-order valence-electron chi connectivity index (χ4n) is 2.54. The molecule has 8 heteroatoms. The number of carbonyl (C=O) groups excluding carboxylic acids is 1. The van der Waals surface area contributed by atoms with Gasteiger partial charge in [-0.05, 0) is 24.3 Å². The Morgan fingerprint density at radius 2 is 2.00 bits per heavy atom. The van der Waals surface area contributed by atoms with Gasteiger partial charge in [-0.2, -0.15) is 5.10 Å². The van der Waals surface area contributed by atoms with E-state index >= 15 is 0 Å². The molecule has 1 N–H and O–H groups in total. The van der Waals surface area contributed by atoms with Crippen LogP contribution in [0.1, 0.15) is 16.1 Å². The van der Waals surface area contributed by atoms with Crippen LogP contribution in [0, 0.1) is 0 Å². The Hall–Kier alpha value is -3.03. The van der Waals surface area contributed by atoms with Gasteiger partial charge in [0.15, 0.2) is 5.82 Å². The molecule has 0 saturated heterocycles. The zero-order valence-electron chi connectivity index (χ0n) is 14.0. The highest BCUT2D eigenvalue weighted by Gasteiger charge is 2.13. The minimum absolute atomic E-state index is 0.235. The molecule has 3 aromatic heterocycles. The number of hydrogen-bond donors (Lipinski definition) is 1. The van der Waals surface area contributed by atoms with E-state index in [0.717, 1.165) is 16.1 Å². The molecule has 0 saturated carbocycles. The van der Waals surface area contributed by atoms with Gasteiger partial charge in [-0.25, -0.2) is 14.6 Å². The lowest BCUT2D eigenvalue weighted by Crippen LogP contribution is -2.24. The summed E-state index contributed by atoms with van der Waals surface area (Å²) in [6.07, 6.45) is 5.19. The lowest BCUT2D eigenvalue weighted by Gasteiger charge is -2.09. The molecule has 0 fully saturated rings. The second-order valence-corrected chi connectivity index (χ2v) is 6.96. The van der Waals surface area contributed by atoms with Gasteiger partial charge in [0.2, 0.25) is 0 Å². The zero-order chi connectivity index (χ0) is 18.6. The molecule has 1 amide bonds. The fraction of sp³-hybridized carbons (Fsp3) is 0.0526. The van der Waals surface area contributed by atoms with E-state index in [4.69, 9.17) is 11.6 Å². The second kappa shape index (κ2) is 7.69. The predicted molar refractivity (Wildman–Crippen MR) is 105 cm³/mol. The third kappa shape index (κ3) is 3.89. The van der Waals surface area contributed by atoms with Gasteiger partial charge in [0.05, 0.1) is 0 Å². The number of rotatable bonds is 5. The average molecular weight is 396 g/mol. The maximum absolute atomic E-state index is 12.5. The van der Waals surface area contributed by atoms with Gasteiger partial charge >= 0.3 is 0 Å². The Morgan fingerprint density at radius 3 is 2.78 bits per heavy atom. The van der Waals surface area contributed by atoms with Crippen LogP contribution in [0.15, 0.2) is 66.4 Å². The average Bonchev–Trinajstić information content (AvgIpc) is 3.39. The minimum Gasteiger partial charge on any atom is -0.346 e. The normalized spacial score (nSPS) is 10.7. The first-order valence-corrected chi connectivity index (χ1v) is 9.40. The molecule has 4 rings (SSSR count). The van der Waals surface area contributed by atoms with Gasteiger partial charge in [-0.3, -0.25) is 4.79 Å². The monoisotopic (exact) mass is 395 g/mol. The van der Waals surface area contributed by atoms with E-state index in [1.54, 1.807) is 34.6 Å². The van der Waals surface area contributed by atoms with E-state index in [2.05, 4.69) is 20.4 Å². The summed E-state index contributed by atoms with van der Waals surface area (Å²) in [5, 5.41) is 10.3. The largest absolute Gasteiger partial charge is 0.346 e. The van der Waals surface area contributed by atoms with Crippen LogP contribution >= 0.6 is 22.9 Å². The van der Waals surface area contributed by atoms with Crippen LogP contribution in [-0.2, 0) is 6.54 Å². The molecule has 6 nitrogen and oxygen atoms in total. The Labute approximate surface area is 164 Å². The predicted octanol–water partition coefficient (Wildman–Crippen LogP) is 3.97. The van der Waals surface area contributed by atoms with Gasteiger partial charge in [-0.1, -0.05) is 29.8 Å². The van der Waals surface area contributed by atoms with Crippen LogP contribution in [-0.4, -0.2) is 25.7 Å². The van der Waals surface area contributed by atoms with E-state index in [1.165, 1.54) is 11.3 Å². The molecule has 1 aromatic carbocycles. The van der Waals surface area contributed by atoms with Gasteiger partial charge < -0.3 is 5.32 Å². The summed E-state index contributed by atoms with van der Waals surface area (Å²) in [4.78, 5) is 21.3. The van der Waals surface area contributed by atoms with Crippen LogP contribution in [0.25, 0.3) is 16.4 Å². The number of aromatic nitrogens is 4. The molecule has 0 aliphatic carbocycles. The molecular weight excluding hydrogens is 382 g/mol. The minimum atomic E-state index is -0.235. The lowest BCUT2D eigenvalue weighted by molar-refractivity contribution is 0.0946.